The highest BCUT2D eigenvalue weighted by molar-refractivity contribution is 9.10. The molecule has 0 saturated carbocycles. The average Bonchev–Trinajstić information content (AvgIpc) is 3.31. The Bertz CT molecular complexity index is 1100. The number of anilines is 2. The third-order valence-electron chi connectivity index (χ3n) is 5.39. The van der Waals surface area contributed by atoms with E-state index in [1.165, 1.54) is 7.11 Å². The zero-order valence-corrected chi connectivity index (χ0v) is 19.1. The highest BCUT2D eigenvalue weighted by Gasteiger charge is 2.27. The predicted molar refractivity (Wildman–Crippen MR) is 122 cm³/mol. The molecule has 0 aliphatic carbocycles. The number of likely N-dealkylation sites (tertiary alicyclic amines) is 1. The zero-order valence-electron chi connectivity index (χ0n) is 17.5. The molecular weight excluding hydrogens is 483 g/mol. The number of fused-ring (bicyclic) bond motifs is 1. The summed E-state index contributed by atoms with van der Waals surface area (Å²) in [7, 11) is 1.40. The Balaban J connectivity index is 1.75. The molecular formula is C22H24BrFN4O4. The summed E-state index contributed by atoms with van der Waals surface area (Å²) in [6, 6.07) is 9.23. The number of methoxy groups -OCH3 is 1. The molecule has 32 heavy (non-hydrogen) atoms. The second kappa shape index (κ2) is 9.85. The number of hydrogen-bond acceptors (Lipinski definition) is 8. The number of aromatic nitrogens is 2. The van der Waals surface area contributed by atoms with Gasteiger partial charge in [-0.3, -0.25) is 4.90 Å². The van der Waals surface area contributed by atoms with Crippen molar-refractivity contribution in [2.45, 2.75) is 25.5 Å². The van der Waals surface area contributed by atoms with Crippen molar-refractivity contribution in [2.75, 3.05) is 32.1 Å². The van der Waals surface area contributed by atoms with Crippen LogP contribution in [0.4, 0.5) is 15.8 Å². The smallest absolute Gasteiger partial charge is 0.310 e. The summed E-state index contributed by atoms with van der Waals surface area (Å²) in [5, 5.41) is 24.7. The fourth-order valence-electron chi connectivity index (χ4n) is 3.84. The molecule has 1 saturated heterocycles. The summed E-state index contributed by atoms with van der Waals surface area (Å²) >= 11 is 3.20. The van der Waals surface area contributed by atoms with E-state index in [1.54, 1.807) is 0 Å². The van der Waals surface area contributed by atoms with Gasteiger partial charge in [0.15, 0.2) is 11.5 Å². The lowest BCUT2D eigenvalue weighted by Crippen LogP contribution is -2.33. The number of halogens is 2. The van der Waals surface area contributed by atoms with E-state index in [2.05, 4.69) is 31.2 Å². The molecule has 1 fully saturated rings. The van der Waals surface area contributed by atoms with Crippen LogP contribution in [0.1, 0.15) is 19.3 Å². The van der Waals surface area contributed by atoms with Gasteiger partial charge in [-0.05, 0) is 40.9 Å². The number of rotatable bonds is 8. The lowest BCUT2D eigenvalue weighted by Gasteiger charge is -2.23. The third kappa shape index (κ3) is 4.57. The maximum atomic E-state index is 14.1. The summed E-state index contributed by atoms with van der Waals surface area (Å²) in [6.45, 7) is 1.86. The standard InChI is InChI=1S/C22H24BrFN4O4/c1-31-20-18(30)15-16(26-22(24)27-21(15)23)17(25-13-7-3-2-4-8-13)19(20)32-12-9-14(29)28-10-5-6-11-28/h2-4,7-8,14,25,29-30H,5-6,9-12H2,1H3. The Morgan fingerprint density at radius 2 is 1.91 bits per heavy atom. The number of aliphatic hydroxyl groups excluding tert-OH is 1. The monoisotopic (exact) mass is 506 g/mol. The highest BCUT2D eigenvalue weighted by Crippen LogP contribution is 2.51. The van der Waals surface area contributed by atoms with Gasteiger partial charge in [0.05, 0.1) is 19.1 Å². The summed E-state index contributed by atoms with van der Waals surface area (Å²) in [6.07, 6.45) is 0.900. The largest absolute Gasteiger partial charge is 0.504 e. The number of aliphatic hydroxyl groups is 1. The molecule has 1 aromatic heterocycles. The van der Waals surface area contributed by atoms with E-state index < -0.39 is 12.3 Å². The SMILES string of the molecule is COc1c(OCCC(O)N2CCCC2)c(Nc2ccccc2)c2nc(F)nc(Br)c2c1O. The number of benzene rings is 2. The molecule has 0 radical (unpaired) electrons. The zero-order chi connectivity index (χ0) is 22.7. The number of para-hydroxylation sites is 1. The number of phenols is 1. The van der Waals surface area contributed by atoms with Gasteiger partial charge in [-0.15, -0.1) is 0 Å². The molecule has 3 N–H and O–H groups in total. The van der Waals surface area contributed by atoms with Gasteiger partial charge < -0.3 is 25.0 Å². The highest BCUT2D eigenvalue weighted by atomic mass is 79.9. The minimum absolute atomic E-state index is 0.0579. The van der Waals surface area contributed by atoms with E-state index in [-0.39, 0.29) is 39.4 Å². The Kier molecular flexibility index (Phi) is 6.92. The Morgan fingerprint density at radius 3 is 2.59 bits per heavy atom. The molecule has 8 nitrogen and oxygen atoms in total. The Hall–Kier alpha value is -2.69. The molecule has 1 atom stereocenters. The van der Waals surface area contributed by atoms with Crippen molar-refractivity contribution >= 4 is 38.2 Å². The van der Waals surface area contributed by atoms with Gasteiger partial charge in [0.2, 0.25) is 5.75 Å². The minimum Gasteiger partial charge on any atom is -0.504 e. The first-order valence-electron chi connectivity index (χ1n) is 10.3. The van der Waals surface area contributed by atoms with Crippen molar-refractivity contribution < 1.29 is 24.1 Å². The van der Waals surface area contributed by atoms with Gasteiger partial charge >= 0.3 is 6.08 Å². The number of phenolic OH excluding ortho intramolecular Hbond substituents is 1. The normalized spacial score (nSPS) is 15.1. The Morgan fingerprint density at radius 1 is 1.19 bits per heavy atom. The molecule has 0 spiro atoms. The van der Waals surface area contributed by atoms with E-state index in [0.717, 1.165) is 25.9 Å². The number of ether oxygens (including phenoxy) is 2. The third-order valence-corrected chi connectivity index (χ3v) is 5.97. The lowest BCUT2D eigenvalue weighted by molar-refractivity contribution is 0.00458. The van der Waals surface area contributed by atoms with E-state index in [4.69, 9.17) is 9.47 Å². The summed E-state index contributed by atoms with van der Waals surface area (Å²) in [4.78, 5) is 9.57. The molecule has 3 aromatic rings. The predicted octanol–water partition coefficient (Wildman–Crippen LogP) is 4.17. The van der Waals surface area contributed by atoms with E-state index in [0.29, 0.717) is 17.8 Å². The van der Waals surface area contributed by atoms with Crippen molar-refractivity contribution in [1.82, 2.24) is 14.9 Å². The summed E-state index contributed by atoms with van der Waals surface area (Å²) < 4.78 is 25.7. The minimum atomic E-state index is -0.958. The van der Waals surface area contributed by atoms with E-state index in [9.17, 15) is 14.6 Å². The first kappa shape index (κ1) is 22.5. The van der Waals surface area contributed by atoms with Crippen LogP contribution in [0.2, 0.25) is 0 Å². The second-order valence-electron chi connectivity index (χ2n) is 7.44. The van der Waals surface area contributed by atoms with Gasteiger partial charge in [0.1, 0.15) is 22.0 Å². The van der Waals surface area contributed by atoms with Crippen molar-refractivity contribution in [2.24, 2.45) is 0 Å². The second-order valence-corrected chi connectivity index (χ2v) is 8.20. The van der Waals surface area contributed by atoms with Crippen LogP contribution in [0.25, 0.3) is 10.9 Å². The van der Waals surface area contributed by atoms with Crippen molar-refractivity contribution in [3.8, 4) is 17.2 Å². The molecule has 2 heterocycles. The molecule has 1 aliphatic heterocycles. The molecule has 4 rings (SSSR count). The fraction of sp³-hybridized carbons (Fsp3) is 0.364. The fourth-order valence-corrected chi connectivity index (χ4v) is 4.36. The van der Waals surface area contributed by atoms with Crippen LogP contribution in [0.15, 0.2) is 34.9 Å². The molecule has 10 heteroatoms. The van der Waals surface area contributed by atoms with Gasteiger partial charge in [0, 0.05) is 25.2 Å². The average molecular weight is 507 g/mol. The lowest BCUT2D eigenvalue weighted by atomic mass is 10.1. The molecule has 1 unspecified atom stereocenters. The summed E-state index contributed by atoms with van der Waals surface area (Å²) in [5.74, 6) is -0.0504. The van der Waals surface area contributed by atoms with Gasteiger partial charge in [-0.1, -0.05) is 18.2 Å². The molecule has 0 bridgehead atoms. The first-order chi connectivity index (χ1) is 15.5. The number of nitrogens with one attached hydrogen (secondary N) is 1. The van der Waals surface area contributed by atoms with Crippen LogP contribution < -0.4 is 14.8 Å². The van der Waals surface area contributed by atoms with Crippen LogP contribution >= 0.6 is 15.9 Å². The van der Waals surface area contributed by atoms with Gasteiger partial charge in [0.25, 0.3) is 0 Å². The molecule has 170 valence electrons. The first-order valence-corrected chi connectivity index (χ1v) is 11.1. The van der Waals surface area contributed by atoms with Crippen LogP contribution in [-0.2, 0) is 0 Å². The molecule has 0 amide bonds. The van der Waals surface area contributed by atoms with Gasteiger partial charge in [-0.2, -0.15) is 14.4 Å². The molecule has 2 aromatic carbocycles. The van der Waals surface area contributed by atoms with Crippen molar-refractivity contribution in [3.63, 3.8) is 0 Å². The number of aromatic hydroxyl groups is 1. The van der Waals surface area contributed by atoms with Crippen LogP contribution in [-0.4, -0.2) is 58.1 Å². The Labute approximate surface area is 193 Å². The van der Waals surface area contributed by atoms with Crippen molar-refractivity contribution in [3.05, 3.63) is 41.0 Å². The number of hydrogen-bond donors (Lipinski definition) is 3. The van der Waals surface area contributed by atoms with E-state index >= 15 is 0 Å². The quantitative estimate of drug-likeness (QED) is 0.237. The number of nitrogens with zero attached hydrogens (tertiary/aromatic N) is 3. The van der Waals surface area contributed by atoms with Crippen LogP contribution in [0, 0.1) is 6.08 Å². The maximum absolute atomic E-state index is 14.1. The summed E-state index contributed by atoms with van der Waals surface area (Å²) in [5.41, 5.74) is 1.15. The van der Waals surface area contributed by atoms with Crippen LogP contribution in [0.5, 0.6) is 17.2 Å². The van der Waals surface area contributed by atoms with E-state index in [1.807, 2.05) is 35.2 Å². The topological polar surface area (TPSA) is 100.0 Å². The maximum Gasteiger partial charge on any atom is 0.310 e. The molecule has 1 aliphatic rings. The van der Waals surface area contributed by atoms with Crippen molar-refractivity contribution in [1.29, 1.82) is 0 Å². The van der Waals surface area contributed by atoms with Crippen LogP contribution in [0.3, 0.4) is 0 Å². The van der Waals surface area contributed by atoms with Gasteiger partial charge in [-0.25, -0.2) is 0 Å².